The van der Waals surface area contributed by atoms with Gasteiger partial charge < -0.3 is 9.30 Å². The Hall–Kier alpha value is -0.700. The van der Waals surface area contributed by atoms with Crippen molar-refractivity contribution in [2.75, 3.05) is 18.6 Å². The molecule has 1 heterocycles. The van der Waals surface area contributed by atoms with Gasteiger partial charge in [0.25, 0.3) is 0 Å². The molecule has 0 amide bonds. The van der Waals surface area contributed by atoms with Crippen molar-refractivity contribution in [2.24, 2.45) is 0 Å². The minimum atomic E-state index is -4.52. The highest BCUT2D eigenvalue weighted by Gasteiger charge is 2.35. The quantitative estimate of drug-likeness (QED) is 0.386. The SMILES string of the molecule is C[SH+]CCOCn1cc(C(F)(F)F)nc1-c1ccc(Br)cc1Cl. The molecule has 1 aromatic heterocycles. The summed E-state index contributed by atoms with van der Waals surface area (Å²) in [5.74, 6) is 0.943. The van der Waals surface area contributed by atoms with Crippen LogP contribution in [-0.2, 0) is 29.4 Å². The fraction of sp³-hybridized carbons (Fsp3) is 0.357. The van der Waals surface area contributed by atoms with Gasteiger partial charge in [0.2, 0.25) is 0 Å². The second kappa shape index (κ2) is 7.92. The number of benzene rings is 1. The number of ether oxygens (including phenoxy) is 1. The predicted molar refractivity (Wildman–Crippen MR) is 90.9 cm³/mol. The van der Waals surface area contributed by atoms with E-state index in [0.717, 1.165) is 28.2 Å². The molecule has 0 atom stereocenters. The van der Waals surface area contributed by atoms with Crippen LogP contribution < -0.4 is 0 Å². The molecule has 0 unspecified atom stereocenters. The van der Waals surface area contributed by atoms with Gasteiger partial charge in [0.05, 0.1) is 17.9 Å². The predicted octanol–water partition coefficient (Wildman–Crippen LogP) is 4.40. The van der Waals surface area contributed by atoms with Crippen molar-refractivity contribution in [1.82, 2.24) is 9.55 Å². The van der Waals surface area contributed by atoms with Crippen molar-refractivity contribution in [1.29, 1.82) is 0 Å². The van der Waals surface area contributed by atoms with Gasteiger partial charge in [-0.15, -0.1) is 0 Å². The summed E-state index contributed by atoms with van der Waals surface area (Å²) in [7, 11) is 0. The first-order chi connectivity index (χ1) is 10.8. The van der Waals surface area contributed by atoms with Crippen LogP contribution in [-0.4, -0.2) is 28.2 Å². The molecule has 1 aromatic carbocycles. The zero-order chi connectivity index (χ0) is 17.0. The highest BCUT2D eigenvalue weighted by atomic mass is 79.9. The van der Waals surface area contributed by atoms with Gasteiger partial charge >= 0.3 is 6.18 Å². The number of imidazole rings is 1. The molecule has 0 aliphatic rings. The number of hydrogen-bond acceptors (Lipinski definition) is 2. The zero-order valence-electron chi connectivity index (χ0n) is 12.1. The normalized spacial score (nSPS) is 11.9. The second-order valence-corrected chi connectivity index (χ2v) is 7.02. The second-order valence-electron chi connectivity index (χ2n) is 4.62. The molecule has 0 spiro atoms. The van der Waals surface area contributed by atoms with Gasteiger partial charge in [-0.25, -0.2) is 4.98 Å². The van der Waals surface area contributed by atoms with Crippen molar-refractivity contribution in [2.45, 2.75) is 12.9 Å². The van der Waals surface area contributed by atoms with Gasteiger partial charge in [0, 0.05) is 16.2 Å². The molecule has 0 aliphatic heterocycles. The summed E-state index contributed by atoms with van der Waals surface area (Å²) >= 11 is 10.6. The van der Waals surface area contributed by atoms with E-state index in [-0.39, 0.29) is 12.6 Å². The van der Waals surface area contributed by atoms with E-state index in [4.69, 9.17) is 16.3 Å². The van der Waals surface area contributed by atoms with Crippen LogP contribution in [0.25, 0.3) is 11.4 Å². The fourth-order valence-electron chi connectivity index (χ4n) is 1.86. The molecule has 2 rings (SSSR count). The Labute approximate surface area is 149 Å². The van der Waals surface area contributed by atoms with Gasteiger partial charge in [-0.2, -0.15) is 13.2 Å². The lowest BCUT2D eigenvalue weighted by atomic mass is 10.2. The van der Waals surface area contributed by atoms with E-state index in [9.17, 15) is 13.2 Å². The molecule has 0 bridgehead atoms. The van der Waals surface area contributed by atoms with Crippen LogP contribution in [0.4, 0.5) is 13.2 Å². The van der Waals surface area contributed by atoms with Gasteiger partial charge in [0.1, 0.15) is 18.3 Å². The summed E-state index contributed by atoms with van der Waals surface area (Å²) in [5, 5.41) is 0.312. The van der Waals surface area contributed by atoms with E-state index >= 15 is 0 Å². The Morgan fingerprint density at radius 2 is 2.13 bits per heavy atom. The molecule has 126 valence electrons. The number of halogens is 5. The Kier molecular flexibility index (Phi) is 6.41. The third-order valence-corrected chi connectivity index (χ3v) is 4.36. The number of alkyl halides is 3. The maximum atomic E-state index is 12.9. The van der Waals surface area contributed by atoms with E-state index in [2.05, 4.69) is 20.9 Å². The topological polar surface area (TPSA) is 27.1 Å². The molecule has 23 heavy (non-hydrogen) atoms. The van der Waals surface area contributed by atoms with Crippen LogP contribution in [0.1, 0.15) is 5.69 Å². The molecule has 0 aliphatic carbocycles. The Morgan fingerprint density at radius 3 is 2.74 bits per heavy atom. The van der Waals surface area contributed by atoms with E-state index in [1.54, 1.807) is 18.2 Å². The lowest BCUT2D eigenvalue weighted by Gasteiger charge is -2.09. The highest BCUT2D eigenvalue weighted by molar-refractivity contribution is 9.10. The number of aromatic nitrogens is 2. The first-order valence-electron chi connectivity index (χ1n) is 6.56. The van der Waals surface area contributed by atoms with Crippen LogP contribution in [0.3, 0.4) is 0 Å². The Bertz CT molecular complexity index is 679. The van der Waals surface area contributed by atoms with E-state index < -0.39 is 11.9 Å². The molecule has 3 nitrogen and oxygen atoms in total. The summed E-state index contributed by atoms with van der Waals surface area (Å²) in [4.78, 5) is 3.70. The summed E-state index contributed by atoms with van der Waals surface area (Å²) in [5.41, 5.74) is -0.550. The number of rotatable bonds is 6. The number of thiol groups is 1. The minimum Gasteiger partial charge on any atom is -0.356 e. The molecule has 2 aromatic rings. The molecule has 0 N–H and O–H groups in total. The van der Waals surface area contributed by atoms with Crippen LogP contribution in [0.5, 0.6) is 0 Å². The van der Waals surface area contributed by atoms with Crippen molar-refractivity contribution >= 4 is 39.3 Å². The molecule has 9 heteroatoms. The first-order valence-corrected chi connectivity index (χ1v) is 9.26. The summed E-state index contributed by atoms with van der Waals surface area (Å²) < 4.78 is 46.3. The molecular formula is C14H14BrClF3N2OS+. The summed E-state index contributed by atoms with van der Waals surface area (Å²) in [6.45, 7) is 0.450. The van der Waals surface area contributed by atoms with Crippen LogP contribution >= 0.6 is 27.5 Å². The zero-order valence-corrected chi connectivity index (χ0v) is 15.3. The average Bonchev–Trinajstić information content (AvgIpc) is 2.88. The number of hydrogen-bond donors (Lipinski definition) is 0. The third kappa shape index (κ3) is 4.89. The third-order valence-electron chi connectivity index (χ3n) is 2.93. The van der Waals surface area contributed by atoms with Gasteiger partial charge in [-0.3, -0.25) is 0 Å². The molecular weight excluding hydrogens is 417 g/mol. The lowest BCUT2D eigenvalue weighted by Crippen LogP contribution is -2.08. The summed E-state index contributed by atoms with van der Waals surface area (Å²) in [6.07, 6.45) is -1.60. The van der Waals surface area contributed by atoms with Crippen LogP contribution in [0.15, 0.2) is 28.9 Å². The molecule has 0 fully saturated rings. The maximum Gasteiger partial charge on any atom is 0.434 e. The molecule has 0 saturated heterocycles. The van der Waals surface area contributed by atoms with Crippen molar-refractivity contribution in [3.63, 3.8) is 0 Å². The lowest BCUT2D eigenvalue weighted by molar-refractivity contribution is -0.141. The fourth-order valence-corrected chi connectivity index (χ4v) is 2.93. The van der Waals surface area contributed by atoms with Crippen LogP contribution in [0, 0.1) is 0 Å². The highest BCUT2D eigenvalue weighted by Crippen LogP contribution is 2.34. The smallest absolute Gasteiger partial charge is 0.356 e. The first kappa shape index (κ1) is 18.6. The maximum absolute atomic E-state index is 12.9. The van der Waals surface area contributed by atoms with Crippen molar-refractivity contribution < 1.29 is 17.9 Å². The monoisotopic (exact) mass is 429 g/mol. The molecule has 0 saturated carbocycles. The van der Waals surface area contributed by atoms with E-state index in [0.29, 0.717) is 17.2 Å². The van der Waals surface area contributed by atoms with Crippen molar-refractivity contribution in [3.05, 3.63) is 39.6 Å². The van der Waals surface area contributed by atoms with E-state index in [1.807, 2.05) is 6.26 Å². The van der Waals surface area contributed by atoms with Crippen LogP contribution in [0.2, 0.25) is 5.02 Å². The molecule has 0 radical (unpaired) electrons. The van der Waals surface area contributed by atoms with Gasteiger partial charge in [-0.1, -0.05) is 27.5 Å². The number of nitrogens with zero attached hydrogens (tertiary/aromatic N) is 2. The van der Waals surface area contributed by atoms with Crippen molar-refractivity contribution in [3.8, 4) is 11.4 Å². The van der Waals surface area contributed by atoms with E-state index in [1.165, 1.54) is 4.57 Å². The van der Waals surface area contributed by atoms with Gasteiger partial charge in [-0.05, 0) is 30.0 Å². The summed E-state index contributed by atoms with van der Waals surface area (Å²) in [6, 6.07) is 4.93. The average molecular weight is 431 g/mol. The Balaban J connectivity index is 2.37. The largest absolute Gasteiger partial charge is 0.434 e. The Morgan fingerprint density at radius 1 is 1.39 bits per heavy atom. The van der Waals surface area contributed by atoms with Gasteiger partial charge in [0.15, 0.2) is 5.69 Å². The standard InChI is InChI=1S/C14H13BrClF3N2OS/c1-23-5-4-22-8-21-7-12(14(17,18)19)20-13(21)10-3-2-9(15)6-11(10)16/h2-3,6-7H,4-5,8H2,1H3/p+1. The minimum absolute atomic E-state index is 0.0136.